The minimum atomic E-state index is -2.27. The van der Waals surface area contributed by atoms with Gasteiger partial charge >= 0.3 is 11.9 Å². The SMILES string of the molecule is CCN[C@@H](CC(=O)N1CCNC(=O)[C@H]1COC(C)(C)C)Cc1cc(F)c(F)cc1F.O=C(O)[C@H](O)[C@@H](O)C(=O)O. The molecule has 0 saturated carbocycles. The highest BCUT2D eigenvalue weighted by Crippen LogP contribution is 2.18. The Bertz CT molecular complexity index is 1030. The van der Waals surface area contributed by atoms with Crippen molar-refractivity contribution in [2.75, 3.05) is 26.2 Å². The summed E-state index contributed by atoms with van der Waals surface area (Å²) >= 11 is 0. The van der Waals surface area contributed by atoms with E-state index in [2.05, 4.69) is 10.6 Å². The third kappa shape index (κ3) is 11.1. The van der Waals surface area contributed by atoms with Crippen molar-refractivity contribution in [3.63, 3.8) is 0 Å². The minimum absolute atomic E-state index is 0.00576. The Morgan fingerprint density at radius 1 is 1.07 bits per heavy atom. The van der Waals surface area contributed by atoms with Crippen LogP contribution in [0.4, 0.5) is 13.2 Å². The van der Waals surface area contributed by atoms with Crippen LogP contribution in [0.15, 0.2) is 12.1 Å². The number of carboxylic acids is 2. The van der Waals surface area contributed by atoms with Crippen molar-refractivity contribution in [1.29, 1.82) is 0 Å². The van der Waals surface area contributed by atoms with Crippen molar-refractivity contribution >= 4 is 23.8 Å². The fourth-order valence-electron chi connectivity index (χ4n) is 3.60. The molecule has 0 radical (unpaired) electrons. The molecule has 1 heterocycles. The van der Waals surface area contributed by atoms with Crippen LogP contribution < -0.4 is 10.6 Å². The van der Waals surface area contributed by atoms with Gasteiger partial charge in [0.2, 0.25) is 11.8 Å². The van der Waals surface area contributed by atoms with Crippen molar-refractivity contribution in [2.24, 2.45) is 0 Å². The van der Waals surface area contributed by atoms with E-state index in [1.54, 1.807) is 0 Å². The molecule has 2 amide bonds. The highest BCUT2D eigenvalue weighted by molar-refractivity contribution is 5.89. The summed E-state index contributed by atoms with van der Waals surface area (Å²) in [5.41, 5.74) is -0.486. The summed E-state index contributed by atoms with van der Waals surface area (Å²) in [6.07, 6.45) is -4.55. The van der Waals surface area contributed by atoms with Crippen LogP contribution in [0, 0.1) is 17.5 Å². The lowest BCUT2D eigenvalue weighted by molar-refractivity contribution is -0.165. The predicted octanol–water partition coefficient (Wildman–Crippen LogP) is 0.0341. The van der Waals surface area contributed by atoms with Crippen molar-refractivity contribution in [2.45, 2.75) is 70.4 Å². The quantitative estimate of drug-likeness (QED) is 0.196. The molecule has 1 aromatic rings. The Kier molecular flexibility index (Phi) is 13.5. The van der Waals surface area contributed by atoms with E-state index in [1.165, 1.54) is 4.90 Å². The van der Waals surface area contributed by atoms with E-state index in [4.69, 9.17) is 25.2 Å². The highest BCUT2D eigenvalue weighted by atomic mass is 19.2. The van der Waals surface area contributed by atoms with Gasteiger partial charge in [0.25, 0.3) is 0 Å². The topological polar surface area (TPSA) is 186 Å². The predicted molar refractivity (Wildman–Crippen MR) is 134 cm³/mol. The zero-order valence-corrected chi connectivity index (χ0v) is 22.6. The summed E-state index contributed by atoms with van der Waals surface area (Å²) in [7, 11) is 0. The van der Waals surface area contributed by atoms with Gasteiger partial charge in [0.05, 0.1) is 12.2 Å². The molecule has 0 unspecified atom stereocenters. The van der Waals surface area contributed by atoms with Gasteiger partial charge in [0.15, 0.2) is 23.8 Å². The Morgan fingerprint density at radius 2 is 1.62 bits per heavy atom. The number of rotatable bonds is 11. The first-order chi connectivity index (χ1) is 18.5. The first-order valence-corrected chi connectivity index (χ1v) is 12.4. The third-order valence-corrected chi connectivity index (χ3v) is 5.60. The number of nitrogens with one attached hydrogen (secondary N) is 2. The van der Waals surface area contributed by atoms with Gasteiger partial charge in [-0.2, -0.15) is 0 Å². The fourth-order valence-corrected chi connectivity index (χ4v) is 3.60. The molecule has 0 aliphatic carbocycles. The highest BCUT2D eigenvalue weighted by Gasteiger charge is 2.35. The summed E-state index contributed by atoms with van der Waals surface area (Å²) in [6, 6.07) is 0.0572. The van der Waals surface area contributed by atoms with Crippen molar-refractivity contribution in [1.82, 2.24) is 15.5 Å². The summed E-state index contributed by atoms with van der Waals surface area (Å²) in [5.74, 6) is -7.37. The zero-order chi connectivity index (χ0) is 30.8. The van der Waals surface area contributed by atoms with E-state index in [0.29, 0.717) is 25.7 Å². The molecule has 40 heavy (non-hydrogen) atoms. The third-order valence-electron chi connectivity index (χ3n) is 5.60. The smallest absolute Gasteiger partial charge is 0.335 e. The molecule has 0 aromatic heterocycles. The molecule has 1 fully saturated rings. The van der Waals surface area contributed by atoms with Crippen LogP contribution in [-0.2, 0) is 30.3 Å². The van der Waals surface area contributed by atoms with Crippen LogP contribution in [-0.4, -0.2) is 105 Å². The average Bonchev–Trinajstić information content (AvgIpc) is 2.85. The summed E-state index contributed by atoms with van der Waals surface area (Å²) in [6.45, 7) is 8.63. The number of benzene rings is 1. The number of aliphatic hydroxyl groups excluding tert-OH is 2. The number of piperazine rings is 1. The molecule has 15 heteroatoms. The molecule has 4 atom stereocenters. The average molecular weight is 580 g/mol. The number of ether oxygens (including phenoxy) is 1. The Morgan fingerprint density at radius 3 is 2.12 bits per heavy atom. The van der Waals surface area contributed by atoms with Crippen LogP contribution >= 0.6 is 0 Å². The lowest BCUT2D eigenvalue weighted by Crippen LogP contribution is -2.60. The number of hydrogen-bond acceptors (Lipinski definition) is 8. The number of carbonyl (C=O) groups is 4. The monoisotopic (exact) mass is 579 g/mol. The van der Waals surface area contributed by atoms with Gasteiger partial charge in [-0.1, -0.05) is 6.92 Å². The maximum Gasteiger partial charge on any atom is 0.335 e. The number of hydrogen-bond donors (Lipinski definition) is 6. The van der Waals surface area contributed by atoms with E-state index >= 15 is 0 Å². The number of carboxylic acid groups (broad SMARTS) is 2. The van der Waals surface area contributed by atoms with Gasteiger partial charge in [-0.25, -0.2) is 22.8 Å². The first kappa shape index (κ1) is 34.8. The Balaban J connectivity index is 0.000000680. The second-order valence-corrected chi connectivity index (χ2v) is 9.90. The molecule has 12 nitrogen and oxygen atoms in total. The number of aliphatic carboxylic acids is 2. The van der Waals surface area contributed by atoms with E-state index < -0.39 is 59.3 Å². The lowest BCUT2D eigenvalue weighted by Gasteiger charge is -2.37. The molecule has 1 aliphatic heterocycles. The van der Waals surface area contributed by atoms with Gasteiger partial charge < -0.3 is 40.7 Å². The molecule has 0 bridgehead atoms. The van der Waals surface area contributed by atoms with Crippen LogP contribution in [0.5, 0.6) is 0 Å². The summed E-state index contributed by atoms with van der Waals surface area (Å²) in [4.78, 5) is 46.3. The van der Waals surface area contributed by atoms with Gasteiger partial charge in [-0.15, -0.1) is 0 Å². The number of nitrogens with zero attached hydrogens (tertiary/aromatic N) is 1. The molecule has 2 rings (SSSR count). The fraction of sp³-hybridized carbons (Fsp3) is 0.600. The van der Waals surface area contributed by atoms with E-state index in [0.717, 1.165) is 6.07 Å². The van der Waals surface area contributed by atoms with E-state index in [9.17, 15) is 32.3 Å². The molecule has 0 spiro atoms. The standard InChI is InChI=1S/C21H30F3N3O3.C4H6O6/c1-5-25-14(8-13-9-16(23)17(24)11-15(13)22)10-19(28)27-7-6-26-20(29)18(27)12-30-21(2,3)4;5-1(3(7)8)2(6)4(9)10/h9,11,14,18,25H,5-8,10,12H2,1-4H3,(H,26,29);1-2,5-6H,(H,7,8)(H,9,10)/t14-,18-;1-,2-/m11/s1. The zero-order valence-electron chi connectivity index (χ0n) is 22.6. The van der Waals surface area contributed by atoms with Crippen LogP contribution in [0.2, 0.25) is 0 Å². The minimum Gasteiger partial charge on any atom is -0.479 e. The second kappa shape index (κ2) is 15.5. The number of likely N-dealkylation sites (N-methyl/N-ethyl adjacent to an activating group) is 1. The molecule has 1 aliphatic rings. The van der Waals surface area contributed by atoms with Crippen LogP contribution in [0.3, 0.4) is 0 Å². The Hall–Kier alpha value is -3.27. The maximum absolute atomic E-state index is 14.0. The molecular formula is C25H36F3N3O9. The number of amides is 2. The molecule has 226 valence electrons. The van der Waals surface area contributed by atoms with Gasteiger partial charge in [0, 0.05) is 31.6 Å². The maximum atomic E-state index is 14.0. The van der Waals surface area contributed by atoms with Gasteiger partial charge in [-0.3, -0.25) is 9.59 Å². The summed E-state index contributed by atoms with van der Waals surface area (Å²) < 4.78 is 46.5. The number of carbonyl (C=O) groups excluding carboxylic acids is 2. The van der Waals surface area contributed by atoms with Crippen LogP contribution in [0.1, 0.15) is 39.7 Å². The van der Waals surface area contributed by atoms with Crippen molar-refractivity contribution in [3.05, 3.63) is 35.1 Å². The van der Waals surface area contributed by atoms with E-state index in [1.807, 2.05) is 27.7 Å². The number of halogens is 3. The molecule has 1 aromatic carbocycles. The number of aliphatic hydroxyl groups is 2. The van der Waals surface area contributed by atoms with Crippen molar-refractivity contribution in [3.8, 4) is 0 Å². The second-order valence-electron chi connectivity index (χ2n) is 9.90. The van der Waals surface area contributed by atoms with Crippen LogP contribution in [0.25, 0.3) is 0 Å². The van der Waals surface area contributed by atoms with Gasteiger partial charge in [-0.05, 0) is 45.4 Å². The lowest BCUT2D eigenvalue weighted by atomic mass is 10.0. The molecule has 1 saturated heterocycles. The largest absolute Gasteiger partial charge is 0.479 e. The molecule has 6 N–H and O–H groups in total. The Labute approximate surface area is 229 Å². The normalized spacial score (nSPS) is 17.7. The van der Waals surface area contributed by atoms with Gasteiger partial charge in [0.1, 0.15) is 11.9 Å². The van der Waals surface area contributed by atoms with Crippen molar-refractivity contribution < 1.29 is 57.5 Å². The molecular weight excluding hydrogens is 543 g/mol. The van der Waals surface area contributed by atoms with E-state index in [-0.39, 0.29) is 36.8 Å². The summed E-state index contributed by atoms with van der Waals surface area (Å²) in [5, 5.41) is 38.3. The first-order valence-electron chi connectivity index (χ1n) is 12.4.